The third-order valence-electron chi connectivity index (χ3n) is 4.41. The second kappa shape index (κ2) is 5.52. The Kier molecular flexibility index (Phi) is 3.71. The van der Waals surface area contributed by atoms with Crippen molar-refractivity contribution in [1.82, 2.24) is 4.90 Å². The molecule has 114 valence electrons. The molecule has 0 unspecified atom stereocenters. The molecule has 1 aromatic rings. The predicted molar refractivity (Wildman–Crippen MR) is 81.2 cm³/mol. The van der Waals surface area contributed by atoms with Crippen molar-refractivity contribution >= 4 is 11.4 Å². The number of methoxy groups -OCH3 is 1. The molecule has 0 atom stereocenters. The van der Waals surface area contributed by atoms with Gasteiger partial charge in [-0.05, 0) is 25.3 Å². The van der Waals surface area contributed by atoms with Crippen LogP contribution in [0, 0.1) is 17.0 Å². The first-order chi connectivity index (χ1) is 10.1. The molecule has 1 heterocycles. The van der Waals surface area contributed by atoms with Gasteiger partial charge in [0.1, 0.15) is 0 Å². The summed E-state index contributed by atoms with van der Waals surface area (Å²) in [6, 6.07) is 4.22. The van der Waals surface area contributed by atoms with Gasteiger partial charge in [-0.25, -0.2) is 0 Å². The van der Waals surface area contributed by atoms with Gasteiger partial charge < -0.3 is 9.64 Å². The fraction of sp³-hybridized carbons (Fsp3) is 0.600. The molecule has 1 aliphatic heterocycles. The summed E-state index contributed by atoms with van der Waals surface area (Å²) in [5.74, 6) is 0.338. The Labute approximate surface area is 124 Å². The van der Waals surface area contributed by atoms with Crippen molar-refractivity contribution in [2.75, 3.05) is 38.2 Å². The highest BCUT2D eigenvalue weighted by molar-refractivity contribution is 5.64. The lowest BCUT2D eigenvalue weighted by Crippen LogP contribution is -2.47. The van der Waals surface area contributed by atoms with Gasteiger partial charge in [0.15, 0.2) is 5.75 Å². The highest BCUT2D eigenvalue weighted by Gasteiger charge is 2.31. The number of rotatable bonds is 4. The average molecular weight is 291 g/mol. The quantitative estimate of drug-likeness (QED) is 0.628. The Hall–Kier alpha value is -1.82. The number of hydrogen-bond acceptors (Lipinski definition) is 5. The first-order valence-electron chi connectivity index (χ1n) is 7.42. The molecule has 2 fully saturated rings. The number of benzene rings is 1. The minimum atomic E-state index is -0.388. The van der Waals surface area contributed by atoms with E-state index in [4.69, 9.17) is 4.74 Å². The molecule has 0 bridgehead atoms. The zero-order valence-electron chi connectivity index (χ0n) is 12.5. The van der Waals surface area contributed by atoms with Crippen LogP contribution in [-0.2, 0) is 0 Å². The lowest BCUT2D eigenvalue weighted by atomic mass is 10.1. The molecule has 0 aromatic heterocycles. The first kappa shape index (κ1) is 14.1. The summed E-state index contributed by atoms with van der Waals surface area (Å²) >= 11 is 0. The van der Waals surface area contributed by atoms with Crippen LogP contribution in [0.25, 0.3) is 0 Å². The number of hydrogen-bond donors (Lipinski definition) is 0. The molecule has 2 aliphatic rings. The zero-order valence-corrected chi connectivity index (χ0v) is 12.5. The molecule has 1 saturated heterocycles. The molecule has 1 aliphatic carbocycles. The van der Waals surface area contributed by atoms with Gasteiger partial charge in [-0.2, -0.15) is 0 Å². The summed E-state index contributed by atoms with van der Waals surface area (Å²) in [5.41, 5.74) is 2.02. The van der Waals surface area contributed by atoms with Crippen LogP contribution in [0.2, 0.25) is 0 Å². The normalized spacial score (nSPS) is 19.6. The van der Waals surface area contributed by atoms with Crippen molar-refractivity contribution in [3.63, 3.8) is 0 Å². The van der Waals surface area contributed by atoms with E-state index < -0.39 is 0 Å². The molecule has 0 N–H and O–H groups in total. The molecular weight excluding hydrogens is 270 g/mol. The smallest absolute Gasteiger partial charge is 0.311 e. The molecule has 0 radical (unpaired) electrons. The lowest BCUT2D eigenvalue weighted by Gasteiger charge is -2.37. The van der Waals surface area contributed by atoms with Crippen LogP contribution in [0.1, 0.15) is 18.4 Å². The second-order valence-electron chi connectivity index (χ2n) is 5.82. The van der Waals surface area contributed by atoms with Crippen LogP contribution in [-0.4, -0.2) is 49.2 Å². The van der Waals surface area contributed by atoms with Crippen molar-refractivity contribution in [2.45, 2.75) is 25.8 Å². The highest BCUT2D eigenvalue weighted by Crippen LogP contribution is 2.35. The van der Waals surface area contributed by atoms with Gasteiger partial charge in [-0.15, -0.1) is 0 Å². The minimum absolute atomic E-state index is 0.0374. The Morgan fingerprint density at radius 3 is 2.43 bits per heavy atom. The maximum Gasteiger partial charge on any atom is 0.311 e. The van der Waals surface area contributed by atoms with Crippen LogP contribution in [0.4, 0.5) is 11.4 Å². The van der Waals surface area contributed by atoms with Crippen LogP contribution in [0.3, 0.4) is 0 Å². The molecule has 6 heteroatoms. The maximum atomic E-state index is 11.1. The lowest BCUT2D eigenvalue weighted by molar-refractivity contribution is -0.385. The van der Waals surface area contributed by atoms with Gasteiger partial charge in [0, 0.05) is 50.0 Å². The van der Waals surface area contributed by atoms with Crippen molar-refractivity contribution in [3.8, 4) is 5.75 Å². The minimum Gasteiger partial charge on any atom is -0.490 e. The number of nitrogens with zero attached hydrogens (tertiary/aromatic N) is 3. The summed E-state index contributed by atoms with van der Waals surface area (Å²) < 4.78 is 5.18. The fourth-order valence-corrected chi connectivity index (χ4v) is 3.08. The molecule has 6 nitrogen and oxygen atoms in total. The van der Waals surface area contributed by atoms with E-state index in [1.54, 1.807) is 12.1 Å². The molecule has 21 heavy (non-hydrogen) atoms. The molecule has 0 amide bonds. The Morgan fingerprint density at radius 2 is 1.90 bits per heavy atom. The molecule has 1 aromatic carbocycles. The largest absolute Gasteiger partial charge is 0.490 e. The number of nitro benzene ring substituents is 1. The summed E-state index contributed by atoms with van der Waals surface area (Å²) in [7, 11) is 1.48. The van der Waals surface area contributed by atoms with Gasteiger partial charge in [0.05, 0.1) is 12.0 Å². The SMILES string of the molecule is COc1cc(N2CCN(C3CC3)CC2)c(C)cc1[N+](=O)[O-]. The number of anilines is 1. The Morgan fingerprint density at radius 1 is 1.24 bits per heavy atom. The summed E-state index contributed by atoms with van der Waals surface area (Å²) in [6.07, 6.45) is 2.68. The fourth-order valence-electron chi connectivity index (χ4n) is 3.08. The second-order valence-corrected chi connectivity index (χ2v) is 5.82. The monoisotopic (exact) mass is 291 g/mol. The molecule has 1 saturated carbocycles. The van der Waals surface area contributed by atoms with E-state index in [0.717, 1.165) is 43.5 Å². The van der Waals surface area contributed by atoms with E-state index >= 15 is 0 Å². The number of aryl methyl sites for hydroxylation is 1. The predicted octanol–water partition coefficient (Wildman–Crippen LogP) is 2.20. The van der Waals surface area contributed by atoms with Gasteiger partial charge in [0.2, 0.25) is 0 Å². The zero-order chi connectivity index (χ0) is 15.0. The average Bonchev–Trinajstić information content (AvgIpc) is 3.32. The van der Waals surface area contributed by atoms with E-state index in [1.165, 1.54) is 20.0 Å². The van der Waals surface area contributed by atoms with Gasteiger partial charge in [-0.3, -0.25) is 15.0 Å². The highest BCUT2D eigenvalue weighted by atomic mass is 16.6. The van der Waals surface area contributed by atoms with Gasteiger partial charge in [0.25, 0.3) is 0 Å². The number of nitro groups is 1. The van der Waals surface area contributed by atoms with E-state index in [1.807, 2.05) is 6.92 Å². The van der Waals surface area contributed by atoms with Crippen molar-refractivity contribution in [3.05, 3.63) is 27.8 Å². The summed E-state index contributed by atoms with van der Waals surface area (Å²) in [5, 5.41) is 11.1. The molecule has 3 rings (SSSR count). The maximum absolute atomic E-state index is 11.1. The van der Waals surface area contributed by atoms with Crippen molar-refractivity contribution in [2.24, 2.45) is 0 Å². The van der Waals surface area contributed by atoms with Crippen LogP contribution in [0.15, 0.2) is 12.1 Å². The van der Waals surface area contributed by atoms with Gasteiger partial charge in [-0.1, -0.05) is 0 Å². The molecule has 0 spiro atoms. The van der Waals surface area contributed by atoms with Crippen molar-refractivity contribution in [1.29, 1.82) is 0 Å². The Bertz CT molecular complexity index is 549. The van der Waals surface area contributed by atoms with E-state index in [2.05, 4.69) is 9.80 Å². The topological polar surface area (TPSA) is 58.8 Å². The molecular formula is C15H21N3O3. The van der Waals surface area contributed by atoms with E-state index in [0.29, 0.717) is 5.75 Å². The van der Waals surface area contributed by atoms with Crippen LogP contribution < -0.4 is 9.64 Å². The van der Waals surface area contributed by atoms with E-state index in [9.17, 15) is 10.1 Å². The third kappa shape index (κ3) is 2.81. The number of ether oxygens (including phenoxy) is 1. The van der Waals surface area contributed by atoms with Crippen LogP contribution in [0.5, 0.6) is 5.75 Å². The summed E-state index contributed by atoms with van der Waals surface area (Å²) in [4.78, 5) is 15.5. The standard InChI is InChI=1S/C15H21N3O3/c1-11-9-14(18(19)20)15(21-2)10-13(11)17-7-5-16(6-8-17)12-3-4-12/h9-10,12H,3-8H2,1-2H3. The summed E-state index contributed by atoms with van der Waals surface area (Å²) in [6.45, 7) is 6.01. The first-order valence-corrected chi connectivity index (χ1v) is 7.42. The third-order valence-corrected chi connectivity index (χ3v) is 4.41. The van der Waals surface area contributed by atoms with Crippen LogP contribution >= 0.6 is 0 Å². The van der Waals surface area contributed by atoms with Crippen molar-refractivity contribution < 1.29 is 9.66 Å². The Balaban J connectivity index is 1.80. The number of piperazine rings is 1. The van der Waals surface area contributed by atoms with E-state index in [-0.39, 0.29) is 10.6 Å². The van der Waals surface area contributed by atoms with Gasteiger partial charge >= 0.3 is 5.69 Å².